The van der Waals surface area contributed by atoms with E-state index in [0.29, 0.717) is 12.2 Å². The highest BCUT2D eigenvalue weighted by atomic mass is 16.5. The maximum absolute atomic E-state index is 11.5. The molecule has 3 aromatic rings. The number of nitrogens with zero attached hydrogens (tertiary/aromatic N) is 1. The molecule has 0 saturated heterocycles. The number of aromatic carboxylic acids is 1. The van der Waals surface area contributed by atoms with Crippen molar-refractivity contribution in [2.24, 2.45) is 0 Å². The first kappa shape index (κ1) is 21.8. The first-order chi connectivity index (χ1) is 15.4. The maximum Gasteiger partial charge on any atom is 0.337 e. The Morgan fingerprint density at radius 2 is 2.09 bits per heavy atom. The molecule has 1 aliphatic heterocycles. The van der Waals surface area contributed by atoms with E-state index in [2.05, 4.69) is 52.9 Å². The van der Waals surface area contributed by atoms with Gasteiger partial charge in [0, 0.05) is 18.8 Å². The molecule has 4 rings (SSSR count). The summed E-state index contributed by atoms with van der Waals surface area (Å²) in [5.41, 5.74) is 6.92. The summed E-state index contributed by atoms with van der Waals surface area (Å²) in [5.74, 6) is -0.0672. The summed E-state index contributed by atoms with van der Waals surface area (Å²) in [5, 5.41) is 16.2. The largest absolute Gasteiger partial charge is 0.491 e. The van der Waals surface area contributed by atoms with E-state index in [1.165, 1.54) is 40.1 Å². The lowest BCUT2D eigenvalue weighted by Crippen LogP contribution is -2.34. The van der Waals surface area contributed by atoms with Crippen LogP contribution < -0.4 is 15.4 Å². The zero-order valence-corrected chi connectivity index (χ0v) is 18.7. The van der Waals surface area contributed by atoms with Crippen molar-refractivity contribution in [3.63, 3.8) is 0 Å². The van der Waals surface area contributed by atoms with E-state index < -0.39 is 5.97 Å². The van der Waals surface area contributed by atoms with E-state index in [4.69, 9.17) is 4.74 Å². The number of nitrogens with one attached hydrogen (secondary N) is 2. The highest BCUT2D eigenvalue weighted by Gasteiger charge is 2.21. The van der Waals surface area contributed by atoms with Gasteiger partial charge in [-0.05, 0) is 79.8 Å². The van der Waals surface area contributed by atoms with Crippen molar-refractivity contribution in [1.29, 1.82) is 0 Å². The molecule has 0 saturated carbocycles. The Labute approximate surface area is 188 Å². The summed E-state index contributed by atoms with van der Waals surface area (Å²) in [7, 11) is 0. The second-order valence-electron chi connectivity index (χ2n) is 8.42. The molecule has 1 aliphatic rings. The van der Waals surface area contributed by atoms with Gasteiger partial charge in [-0.15, -0.1) is 0 Å². The summed E-state index contributed by atoms with van der Waals surface area (Å²) in [6, 6.07) is 14.5. The SMILES string of the molecule is Cc1cc(OC(C)C)ccc1-c1ccc2c(c1)CCN[C@@H]2CNc1cnccc1C(=O)O. The Morgan fingerprint density at radius 1 is 1.25 bits per heavy atom. The third kappa shape index (κ3) is 4.75. The molecule has 0 unspecified atom stereocenters. The van der Waals surface area contributed by atoms with Crippen molar-refractivity contribution in [2.75, 3.05) is 18.4 Å². The number of fused-ring (bicyclic) bond motifs is 1. The molecule has 3 N–H and O–H groups in total. The highest BCUT2D eigenvalue weighted by Crippen LogP contribution is 2.32. The number of ether oxygens (including phenoxy) is 1. The van der Waals surface area contributed by atoms with Crippen LogP contribution in [0.5, 0.6) is 5.75 Å². The monoisotopic (exact) mass is 431 g/mol. The van der Waals surface area contributed by atoms with Gasteiger partial charge in [-0.2, -0.15) is 0 Å². The second-order valence-corrected chi connectivity index (χ2v) is 8.42. The molecule has 0 amide bonds. The number of carbonyl (C=O) groups is 1. The fourth-order valence-corrected chi connectivity index (χ4v) is 4.24. The third-order valence-corrected chi connectivity index (χ3v) is 5.73. The van der Waals surface area contributed by atoms with E-state index in [0.717, 1.165) is 18.7 Å². The van der Waals surface area contributed by atoms with Crippen LogP contribution in [-0.2, 0) is 6.42 Å². The molecule has 1 aromatic heterocycles. The molecule has 2 heterocycles. The summed E-state index contributed by atoms with van der Waals surface area (Å²) < 4.78 is 5.82. The number of benzene rings is 2. The fourth-order valence-electron chi connectivity index (χ4n) is 4.24. The van der Waals surface area contributed by atoms with Crippen molar-refractivity contribution in [1.82, 2.24) is 10.3 Å². The smallest absolute Gasteiger partial charge is 0.337 e. The molecular formula is C26H29N3O3. The topological polar surface area (TPSA) is 83.5 Å². The molecule has 32 heavy (non-hydrogen) atoms. The molecule has 0 radical (unpaired) electrons. The number of anilines is 1. The minimum absolute atomic E-state index is 0.0950. The van der Waals surface area contributed by atoms with Gasteiger partial charge in [0.15, 0.2) is 0 Å². The highest BCUT2D eigenvalue weighted by molar-refractivity contribution is 5.93. The Morgan fingerprint density at radius 3 is 2.84 bits per heavy atom. The summed E-state index contributed by atoms with van der Waals surface area (Å²) >= 11 is 0. The van der Waals surface area contributed by atoms with E-state index >= 15 is 0 Å². The van der Waals surface area contributed by atoms with Crippen molar-refractivity contribution < 1.29 is 14.6 Å². The van der Waals surface area contributed by atoms with Crippen LogP contribution >= 0.6 is 0 Å². The quantitative estimate of drug-likeness (QED) is 0.496. The molecule has 0 bridgehead atoms. The van der Waals surface area contributed by atoms with Crippen LogP contribution in [0.25, 0.3) is 11.1 Å². The molecule has 0 fully saturated rings. The molecule has 6 nitrogen and oxygen atoms in total. The molecule has 0 spiro atoms. The second kappa shape index (κ2) is 9.40. The normalized spacial score (nSPS) is 15.3. The molecule has 0 aliphatic carbocycles. The predicted molar refractivity (Wildman–Crippen MR) is 127 cm³/mol. The van der Waals surface area contributed by atoms with Gasteiger partial charge in [0.1, 0.15) is 5.75 Å². The van der Waals surface area contributed by atoms with Crippen LogP contribution in [0.2, 0.25) is 0 Å². The number of pyridine rings is 1. The molecule has 1 atom stereocenters. The van der Waals surface area contributed by atoms with Gasteiger partial charge in [-0.1, -0.05) is 24.3 Å². The van der Waals surface area contributed by atoms with Gasteiger partial charge in [-0.3, -0.25) is 4.98 Å². The lowest BCUT2D eigenvalue weighted by Gasteiger charge is -2.28. The van der Waals surface area contributed by atoms with Crippen molar-refractivity contribution >= 4 is 11.7 Å². The van der Waals surface area contributed by atoms with E-state index in [1.54, 1.807) is 6.20 Å². The van der Waals surface area contributed by atoms with Crippen LogP contribution in [0.3, 0.4) is 0 Å². The Bertz CT molecular complexity index is 1130. The Hall–Kier alpha value is -3.38. The average molecular weight is 432 g/mol. The van der Waals surface area contributed by atoms with Crippen LogP contribution in [0.1, 0.15) is 46.9 Å². The Balaban J connectivity index is 1.54. The number of hydrogen-bond donors (Lipinski definition) is 3. The summed E-state index contributed by atoms with van der Waals surface area (Å²) in [6.45, 7) is 7.64. The van der Waals surface area contributed by atoms with Gasteiger partial charge in [-0.25, -0.2) is 4.79 Å². The number of carboxylic acid groups (broad SMARTS) is 1. The zero-order valence-electron chi connectivity index (χ0n) is 18.7. The van der Waals surface area contributed by atoms with Crippen molar-refractivity contribution in [2.45, 2.75) is 39.3 Å². The van der Waals surface area contributed by atoms with Gasteiger partial charge < -0.3 is 20.5 Å². The average Bonchev–Trinajstić information content (AvgIpc) is 2.77. The van der Waals surface area contributed by atoms with Crippen LogP contribution in [0.15, 0.2) is 54.9 Å². The first-order valence-electron chi connectivity index (χ1n) is 11.0. The number of aromatic nitrogens is 1. The summed E-state index contributed by atoms with van der Waals surface area (Å²) in [6.07, 6.45) is 4.17. The number of aryl methyl sites for hydroxylation is 1. The molecule has 6 heteroatoms. The Kier molecular flexibility index (Phi) is 6.42. The van der Waals surface area contributed by atoms with E-state index in [-0.39, 0.29) is 17.7 Å². The van der Waals surface area contributed by atoms with Gasteiger partial charge in [0.05, 0.1) is 23.6 Å². The third-order valence-electron chi connectivity index (χ3n) is 5.73. The van der Waals surface area contributed by atoms with Crippen LogP contribution in [-0.4, -0.2) is 35.3 Å². The van der Waals surface area contributed by atoms with Gasteiger partial charge in [0.25, 0.3) is 0 Å². The maximum atomic E-state index is 11.5. The molecule has 166 valence electrons. The molecular weight excluding hydrogens is 402 g/mol. The number of hydrogen-bond acceptors (Lipinski definition) is 5. The van der Waals surface area contributed by atoms with Crippen molar-refractivity contribution in [3.8, 4) is 16.9 Å². The zero-order chi connectivity index (χ0) is 22.7. The van der Waals surface area contributed by atoms with Crippen LogP contribution in [0.4, 0.5) is 5.69 Å². The lowest BCUT2D eigenvalue weighted by atomic mass is 9.89. The first-order valence-corrected chi connectivity index (χ1v) is 11.0. The number of carboxylic acids is 1. The number of rotatable bonds is 7. The van der Waals surface area contributed by atoms with Gasteiger partial charge >= 0.3 is 5.97 Å². The van der Waals surface area contributed by atoms with E-state index in [9.17, 15) is 9.90 Å². The predicted octanol–water partition coefficient (Wildman–Crippen LogP) is 4.84. The van der Waals surface area contributed by atoms with Crippen molar-refractivity contribution in [3.05, 3.63) is 77.1 Å². The standard InChI is InChI=1S/C26H29N3O3/c1-16(2)32-20-5-7-21(17(3)12-20)18-4-6-22-19(13-18)8-11-28-25(22)15-29-24-14-27-10-9-23(24)26(30)31/h4-7,9-10,12-14,16,25,28-29H,8,11,15H2,1-3H3,(H,30,31)/t25-/m1/s1. The minimum atomic E-state index is -0.961. The lowest BCUT2D eigenvalue weighted by molar-refractivity contribution is 0.0697. The minimum Gasteiger partial charge on any atom is -0.491 e. The summed E-state index contributed by atoms with van der Waals surface area (Å²) in [4.78, 5) is 15.5. The molecule has 2 aromatic carbocycles. The van der Waals surface area contributed by atoms with E-state index in [1.807, 2.05) is 19.9 Å². The van der Waals surface area contributed by atoms with Crippen LogP contribution in [0, 0.1) is 6.92 Å². The van der Waals surface area contributed by atoms with Gasteiger partial charge in [0.2, 0.25) is 0 Å². The fraction of sp³-hybridized carbons (Fsp3) is 0.308.